The fourth-order valence-corrected chi connectivity index (χ4v) is 4.23. The van der Waals surface area contributed by atoms with Crippen LogP contribution in [0.5, 0.6) is 0 Å². The normalized spacial score (nSPS) is 14.2. The second-order valence-electron chi connectivity index (χ2n) is 8.73. The van der Waals surface area contributed by atoms with E-state index in [0.717, 1.165) is 28.7 Å². The number of unbranched alkanes of at least 4 members (excludes halogenated alkanes) is 1. The van der Waals surface area contributed by atoms with E-state index in [0.29, 0.717) is 12.8 Å². The number of hydrogen-bond donors (Lipinski definition) is 3. The maximum Gasteiger partial charge on any atom is 0.407 e. The van der Waals surface area contributed by atoms with Gasteiger partial charge >= 0.3 is 12.1 Å². The zero-order chi connectivity index (χ0) is 24.0. The zero-order valence-corrected chi connectivity index (χ0v) is 19.3. The predicted octanol–water partition coefficient (Wildman–Crippen LogP) is 4.31. The lowest BCUT2D eigenvalue weighted by Crippen LogP contribution is -2.53. The van der Waals surface area contributed by atoms with E-state index in [1.165, 1.54) is 0 Å². The molecule has 1 aliphatic carbocycles. The Balaban J connectivity index is 1.66. The molecule has 0 aromatic heterocycles. The van der Waals surface area contributed by atoms with Gasteiger partial charge in [0.05, 0.1) is 0 Å². The summed E-state index contributed by atoms with van der Waals surface area (Å²) in [4.78, 5) is 36.8. The number of aliphatic carboxylic acids is 1. The fraction of sp³-hybridized carbons (Fsp3) is 0.423. The van der Waals surface area contributed by atoms with Crippen LogP contribution >= 0.6 is 0 Å². The van der Waals surface area contributed by atoms with Crippen molar-refractivity contribution < 1.29 is 24.2 Å². The molecule has 2 amide bonds. The van der Waals surface area contributed by atoms with Gasteiger partial charge in [-0.25, -0.2) is 9.59 Å². The number of rotatable bonds is 10. The van der Waals surface area contributed by atoms with Crippen molar-refractivity contribution in [2.75, 3.05) is 6.61 Å². The van der Waals surface area contributed by atoms with E-state index in [1.807, 2.05) is 43.3 Å². The quantitative estimate of drug-likeness (QED) is 0.498. The van der Waals surface area contributed by atoms with Crippen LogP contribution in [0.3, 0.4) is 0 Å². The number of carbonyl (C=O) groups excluding carboxylic acids is 2. The SMILES string of the molecule is CCCCC(NC(=O)OCC1c2ccccc2-c2ccccc21)C(=O)N[C@@H](C(=O)O)C(C)C. The molecule has 0 heterocycles. The minimum atomic E-state index is -1.10. The zero-order valence-electron chi connectivity index (χ0n) is 19.3. The monoisotopic (exact) mass is 452 g/mol. The molecule has 2 aromatic carbocycles. The van der Waals surface area contributed by atoms with Gasteiger partial charge in [0, 0.05) is 5.92 Å². The second kappa shape index (κ2) is 11.0. The van der Waals surface area contributed by atoms with Gasteiger partial charge in [-0.3, -0.25) is 4.79 Å². The van der Waals surface area contributed by atoms with Crippen molar-refractivity contribution in [1.82, 2.24) is 10.6 Å². The molecule has 7 nitrogen and oxygen atoms in total. The molecule has 176 valence electrons. The van der Waals surface area contributed by atoms with E-state index in [4.69, 9.17) is 4.74 Å². The van der Waals surface area contributed by atoms with Crippen LogP contribution in [0.1, 0.15) is 57.1 Å². The third-order valence-electron chi connectivity index (χ3n) is 6.03. The molecule has 33 heavy (non-hydrogen) atoms. The van der Waals surface area contributed by atoms with Gasteiger partial charge in [0.2, 0.25) is 5.91 Å². The van der Waals surface area contributed by atoms with Crippen LogP contribution in [0.25, 0.3) is 11.1 Å². The molecule has 0 saturated carbocycles. The van der Waals surface area contributed by atoms with Gasteiger partial charge in [0.25, 0.3) is 0 Å². The molecule has 2 aromatic rings. The van der Waals surface area contributed by atoms with E-state index in [9.17, 15) is 19.5 Å². The Morgan fingerprint density at radius 2 is 1.55 bits per heavy atom. The number of carboxylic acid groups (broad SMARTS) is 1. The number of nitrogens with one attached hydrogen (secondary N) is 2. The second-order valence-corrected chi connectivity index (χ2v) is 8.73. The van der Waals surface area contributed by atoms with Crippen LogP contribution in [0.4, 0.5) is 4.79 Å². The van der Waals surface area contributed by atoms with E-state index in [2.05, 4.69) is 22.8 Å². The first-order valence-corrected chi connectivity index (χ1v) is 11.5. The third kappa shape index (κ3) is 5.72. The van der Waals surface area contributed by atoms with E-state index >= 15 is 0 Å². The standard InChI is InChI=1S/C26H32N2O5/c1-4-5-14-22(24(29)28-23(16(2)3)25(30)31)27-26(32)33-15-21-19-12-8-6-10-17(19)18-11-7-9-13-20(18)21/h6-13,16,21-23H,4-5,14-15H2,1-3H3,(H,27,32)(H,28,29)(H,30,31)/t22?,23-/m1/s1. The Morgan fingerprint density at radius 3 is 2.06 bits per heavy atom. The Bertz CT molecular complexity index is 958. The summed E-state index contributed by atoms with van der Waals surface area (Å²) in [6.45, 7) is 5.57. The molecular formula is C26H32N2O5. The van der Waals surface area contributed by atoms with Crippen LogP contribution in [-0.2, 0) is 14.3 Å². The first-order valence-electron chi connectivity index (χ1n) is 11.5. The molecule has 0 saturated heterocycles. The van der Waals surface area contributed by atoms with Gasteiger partial charge in [-0.1, -0.05) is 82.1 Å². The smallest absolute Gasteiger partial charge is 0.407 e. The number of amides is 2. The lowest BCUT2D eigenvalue weighted by molar-refractivity contribution is -0.143. The average molecular weight is 453 g/mol. The lowest BCUT2D eigenvalue weighted by Gasteiger charge is -2.23. The van der Waals surface area contributed by atoms with Gasteiger partial charge in [0.15, 0.2) is 0 Å². The summed E-state index contributed by atoms with van der Waals surface area (Å²) >= 11 is 0. The Kier molecular flexibility index (Phi) is 8.09. The van der Waals surface area contributed by atoms with E-state index in [1.54, 1.807) is 13.8 Å². The average Bonchev–Trinajstić information content (AvgIpc) is 3.12. The maximum absolute atomic E-state index is 12.7. The van der Waals surface area contributed by atoms with Crippen molar-refractivity contribution >= 4 is 18.0 Å². The number of carbonyl (C=O) groups is 3. The molecule has 2 atom stereocenters. The number of benzene rings is 2. The highest BCUT2D eigenvalue weighted by molar-refractivity contribution is 5.89. The molecule has 1 aliphatic rings. The number of hydrogen-bond acceptors (Lipinski definition) is 4. The highest BCUT2D eigenvalue weighted by Gasteiger charge is 2.31. The summed E-state index contributed by atoms with van der Waals surface area (Å²) in [5, 5.41) is 14.6. The summed E-state index contributed by atoms with van der Waals surface area (Å²) in [5.41, 5.74) is 4.48. The van der Waals surface area contributed by atoms with Gasteiger partial charge in [-0.2, -0.15) is 0 Å². The molecule has 0 bridgehead atoms. The van der Waals surface area contributed by atoms with E-state index < -0.39 is 30.1 Å². The van der Waals surface area contributed by atoms with Gasteiger partial charge in [0.1, 0.15) is 18.7 Å². The first kappa shape index (κ1) is 24.3. The van der Waals surface area contributed by atoms with Gasteiger partial charge in [-0.15, -0.1) is 0 Å². The number of carboxylic acids is 1. The summed E-state index contributed by atoms with van der Waals surface area (Å²) in [5.74, 6) is -1.98. The Morgan fingerprint density at radius 1 is 0.970 bits per heavy atom. The number of ether oxygens (including phenoxy) is 1. The van der Waals surface area contributed by atoms with Crippen LogP contribution in [-0.4, -0.2) is 41.8 Å². The highest BCUT2D eigenvalue weighted by Crippen LogP contribution is 2.44. The van der Waals surface area contributed by atoms with Gasteiger partial charge < -0.3 is 20.5 Å². The third-order valence-corrected chi connectivity index (χ3v) is 6.03. The van der Waals surface area contributed by atoms with Crippen molar-refractivity contribution in [1.29, 1.82) is 0 Å². The fourth-order valence-electron chi connectivity index (χ4n) is 4.23. The topological polar surface area (TPSA) is 105 Å². The summed E-state index contributed by atoms with van der Waals surface area (Å²) in [6, 6.07) is 14.2. The van der Waals surface area contributed by atoms with Crippen molar-refractivity contribution in [3.05, 3.63) is 59.7 Å². The van der Waals surface area contributed by atoms with Crippen molar-refractivity contribution in [2.24, 2.45) is 5.92 Å². The molecule has 3 rings (SSSR count). The summed E-state index contributed by atoms with van der Waals surface area (Å²) in [7, 11) is 0. The Hall–Kier alpha value is -3.35. The minimum absolute atomic E-state index is 0.0802. The van der Waals surface area contributed by atoms with Crippen molar-refractivity contribution in [3.63, 3.8) is 0 Å². The van der Waals surface area contributed by atoms with E-state index in [-0.39, 0.29) is 18.4 Å². The van der Waals surface area contributed by atoms with Crippen LogP contribution in [0.15, 0.2) is 48.5 Å². The van der Waals surface area contributed by atoms with Crippen LogP contribution in [0, 0.1) is 5.92 Å². The molecule has 0 spiro atoms. The molecule has 0 aliphatic heterocycles. The molecule has 1 unspecified atom stereocenters. The first-order chi connectivity index (χ1) is 15.8. The lowest BCUT2D eigenvalue weighted by atomic mass is 9.98. The maximum atomic E-state index is 12.7. The highest BCUT2D eigenvalue weighted by atomic mass is 16.5. The molecule has 0 radical (unpaired) electrons. The van der Waals surface area contributed by atoms with Crippen LogP contribution in [0.2, 0.25) is 0 Å². The number of alkyl carbamates (subject to hydrolysis) is 1. The molecule has 0 fully saturated rings. The molecular weight excluding hydrogens is 420 g/mol. The minimum Gasteiger partial charge on any atom is -0.480 e. The Labute approximate surface area is 194 Å². The predicted molar refractivity (Wildman–Crippen MR) is 126 cm³/mol. The van der Waals surface area contributed by atoms with Gasteiger partial charge in [-0.05, 0) is 34.6 Å². The molecule has 7 heteroatoms. The largest absolute Gasteiger partial charge is 0.480 e. The van der Waals surface area contributed by atoms with Crippen LogP contribution < -0.4 is 10.6 Å². The van der Waals surface area contributed by atoms with Crippen molar-refractivity contribution in [3.8, 4) is 11.1 Å². The van der Waals surface area contributed by atoms with Crippen molar-refractivity contribution in [2.45, 2.75) is 58.0 Å². The number of fused-ring (bicyclic) bond motifs is 3. The summed E-state index contributed by atoms with van der Waals surface area (Å²) in [6.07, 6.45) is 1.26. The molecule has 3 N–H and O–H groups in total. The summed E-state index contributed by atoms with van der Waals surface area (Å²) < 4.78 is 5.55.